The van der Waals surface area contributed by atoms with Crippen LogP contribution in [0.3, 0.4) is 0 Å². The van der Waals surface area contributed by atoms with Crippen LogP contribution in [0.5, 0.6) is 5.75 Å². The Morgan fingerprint density at radius 2 is 2.46 bits per heavy atom. The van der Waals surface area contributed by atoms with Crippen LogP contribution in [0, 0.1) is 0 Å². The predicted octanol–water partition coefficient (Wildman–Crippen LogP) is 2.11. The van der Waals surface area contributed by atoms with Crippen LogP contribution in [0.2, 0.25) is 0 Å². The molecule has 66 valence electrons. The second-order valence-electron chi connectivity index (χ2n) is 2.26. The Labute approximate surface area is 75.0 Å². The first-order valence-electron chi connectivity index (χ1n) is 3.65. The molecular weight excluding hydrogens is 168 g/mol. The van der Waals surface area contributed by atoms with E-state index in [-0.39, 0.29) is 5.75 Å². The van der Waals surface area contributed by atoms with Crippen molar-refractivity contribution in [2.45, 2.75) is 0 Å². The van der Waals surface area contributed by atoms with Crippen LogP contribution in [0.15, 0.2) is 29.5 Å². The maximum absolute atomic E-state index is 8.91. The van der Waals surface area contributed by atoms with Crippen LogP contribution in [-0.2, 0) is 0 Å². The molecule has 0 aromatic carbocycles. The third kappa shape index (κ3) is 3.27. The fourth-order valence-electron chi connectivity index (χ4n) is 0.753. The average Bonchev–Trinajstić information content (AvgIpc) is 2.15. The lowest BCUT2D eigenvalue weighted by molar-refractivity contribution is 0.472. The van der Waals surface area contributed by atoms with E-state index in [1.165, 1.54) is 6.20 Å². The van der Waals surface area contributed by atoms with Crippen molar-refractivity contribution >= 4 is 6.08 Å². The summed E-state index contributed by atoms with van der Waals surface area (Å²) in [6, 6.07) is 3.21. The highest BCUT2D eigenvalue weighted by atomic mass is 16.3. The molecule has 1 heterocycles. The van der Waals surface area contributed by atoms with Gasteiger partial charge in [0.15, 0.2) is 0 Å². The highest BCUT2D eigenvalue weighted by Gasteiger charge is 1.87. The molecule has 0 aliphatic carbocycles. The summed E-state index contributed by atoms with van der Waals surface area (Å²) in [7, 11) is 0. The zero-order chi connectivity index (χ0) is 9.52. The number of azide groups is 1. The van der Waals surface area contributed by atoms with Crippen molar-refractivity contribution in [1.29, 1.82) is 0 Å². The molecule has 0 bridgehead atoms. The van der Waals surface area contributed by atoms with Gasteiger partial charge in [0.05, 0.1) is 11.9 Å². The molecule has 1 N–H and O–H groups in total. The summed E-state index contributed by atoms with van der Waals surface area (Å²) in [4.78, 5) is 6.50. The topological polar surface area (TPSA) is 81.9 Å². The van der Waals surface area contributed by atoms with Gasteiger partial charge in [-0.05, 0) is 23.7 Å². The van der Waals surface area contributed by atoms with Gasteiger partial charge in [-0.2, -0.15) is 0 Å². The van der Waals surface area contributed by atoms with Gasteiger partial charge in [0, 0.05) is 11.5 Å². The summed E-state index contributed by atoms with van der Waals surface area (Å²) in [5, 5.41) is 12.2. The fourth-order valence-corrected chi connectivity index (χ4v) is 0.753. The van der Waals surface area contributed by atoms with E-state index in [1.807, 2.05) is 0 Å². The SMILES string of the molecule is [N-]=[N+]=NCC=Cc1ccc(O)cn1. The Morgan fingerprint density at radius 1 is 1.62 bits per heavy atom. The lowest BCUT2D eigenvalue weighted by Crippen LogP contribution is -1.78. The molecule has 0 radical (unpaired) electrons. The normalized spacial score (nSPS) is 9.85. The molecule has 5 nitrogen and oxygen atoms in total. The summed E-state index contributed by atoms with van der Waals surface area (Å²) in [5.74, 6) is 0.132. The molecule has 1 aromatic heterocycles. The van der Waals surface area contributed by atoms with E-state index < -0.39 is 0 Å². The number of rotatable bonds is 3. The van der Waals surface area contributed by atoms with E-state index in [0.717, 1.165) is 0 Å². The number of aromatic nitrogens is 1. The summed E-state index contributed by atoms with van der Waals surface area (Å²) in [6.07, 6.45) is 4.76. The minimum absolute atomic E-state index is 0.132. The number of hydrogen-bond acceptors (Lipinski definition) is 3. The quantitative estimate of drug-likeness (QED) is 0.434. The Hall–Kier alpha value is -2.00. The molecule has 0 atom stereocenters. The Bertz CT molecular complexity index is 338. The van der Waals surface area contributed by atoms with Gasteiger partial charge in [0.1, 0.15) is 5.75 Å². The van der Waals surface area contributed by atoms with Gasteiger partial charge in [0.25, 0.3) is 0 Å². The van der Waals surface area contributed by atoms with Crippen molar-refractivity contribution in [1.82, 2.24) is 4.98 Å². The molecule has 5 heteroatoms. The van der Waals surface area contributed by atoms with E-state index in [9.17, 15) is 0 Å². The lowest BCUT2D eigenvalue weighted by Gasteiger charge is -1.91. The van der Waals surface area contributed by atoms with E-state index in [4.69, 9.17) is 10.6 Å². The zero-order valence-electron chi connectivity index (χ0n) is 6.83. The van der Waals surface area contributed by atoms with Crippen molar-refractivity contribution in [3.8, 4) is 5.75 Å². The highest BCUT2D eigenvalue weighted by Crippen LogP contribution is 2.06. The Kier molecular flexibility index (Phi) is 3.35. The van der Waals surface area contributed by atoms with Crippen molar-refractivity contribution in [3.63, 3.8) is 0 Å². The minimum atomic E-state index is 0.132. The molecule has 0 aliphatic rings. The standard InChI is InChI=1S/C8H8N4O/c9-12-11-5-1-2-7-3-4-8(13)6-10-7/h1-4,6,13H,5H2. The molecule has 0 fully saturated rings. The largest absolute Gasteiger partial charge is 0.506 e. The highest BCUT2D eigenvalue weighted by molar-refractivity contribution is 5.45. The lowest BCUT2D eigenvalue weighted by atomic mass is 10.3. The van der Waals surface area contributed by atoms with Gasteiger partial charge in [-0.1, -0.05) is 11.2 Å². The predicted molar refractivity (Wildman–Crippen MR) is 48.9 cm³/mol. The van der Waals surface area contributed by atoms with Crippen molar-refractivity contribution in [3.05, 3.63) is 40.5 Å². The molecule has 0 spiro atoms. The summed E-state index contributed by atoms with van der Waals surface area (Å²) < 4.78 is 0. The second kappa shape index (κ2) is 4.79. The number of pyridine rings is 1. The average molecular weight is 176 g/mol. The molecule has 1 rings (SSSR count). The van der Waals surface area contributed by atoms with Gasteiger partial charge >= 0.3 is 0 Å². The van der Waals surface area contributed by atoms with Crippen LogP contribution in [0.4, 0.5) is 0 Å². The number of nitrogens with zero attached hydrogens (tertiary/aromatic N) is 4. The van der Waals surface area contributed by atoms with Gasteiger partial charge in [0.2, 0.25) is 0 Å². The van der Waals surface area contributed by atoms with E-state index in [2.05, 4.69) is 15.0 Å². The molecule has 1 aromatic rings. The van der Waals surface area contributed by atoms with E-state index >= 15 is 0 Å². The Balaban J connectivity index is 2.58. The molecule has 13 heavy (non-hydrogen) atoms. The smallest absolute Gasteiger partial charge is 0.133 e. The maximum Gasteiger partial charge on any atom is 0.133 e. The first-order chi connectivity index (χ1) is 6.33. The Morgan fingerprint density at radius 3 is 3.08 bits per heavy atom. The van der Waals surface area contributed by atoms with Crippen LogP contribution in [0.1, 0.15) is 5.69 Å². The molecular formula is C8H8N4O. The minimum Gasteiger partial charge on any atom is -0.506 e. The van der Waals surface area contributed by atoms with Crippen molar-refractivity contribution in [2.24, 2.45) is 5.11 Å². The summed E-state index contributed by atoms with van der Waals surface area (Å²) in [6.45, 7) is 0.305. The molecule has 0 aliphatic heterocycles. The zero-order valence-corrected chi connectivity index (χ0v) is 6.83. The molecule has 0 amide bonds. The van der Waals surface area contributed by atoms with Crippen LogP contribution in [-0.4, -0.2) is 16.6 Å². The van der Waals surface area contributed by atoms with Crippen LogP contribution in [0.25, 0.3) is 16.5 Å². The second-order valence-corrected chi connectivity index (χ2v) is 2.26. The van der Waals surface area contributed by atoms with Gasteiger partial charge < -0.3 is 5.11 Å². The fraction of sp³-hybridized carbons (Fsp3) is 0.125. The van der Waals surface area contributed by atoms with Gasteiger partial charge in [-0.25, -0.2) is 0 Å². The third-order valence-electron chi connectivity index (χ3n) is 1.31. The summed E-state index contributed by atoms with van der Waals surface area (Å²) >= 11 is 0. The number of hydrogen-bond donors (Lipinski definition) is 1. The first kappa shape index (κ1) is 9.09. The van der Waals surface area contributed by atoms with Crippen molar-refractivity contribution < 1.29 is 5.11 Å². The van der Waals surface area contributed by atoms with E-state index in [1.54, 1.807) is 24.3 Å². The molecule has 0 saturated carbocycles. The summed E-state index contributed by atoms with van der Waals surface area (Å²) in [5.41, 5.74) is 8.69. The van der Waals surface area contributed by atoms with E-state index in [0.29, 0.717) is 12.2 Å². The molecule has 0 unspecified atom stereocenters. The van der Waals surface area contributed by atoms with Gasteiger partial charge in [-0.15, -0.1) is 0 Å². The molecule has 0 saturated heterocycles. The monoisotopic (exact) mass is 176 g/mol. The first-order valence-corrected chi connectivity index (χ1v) is 3.65. The third-order valence-corrected chi connectivity index (χ3v) is 1.31. The van der Waals surface area contributed by atoms with Crippen LogP contribution >= 0.6 is 0 Å². The van der Waals surface area contributed by atoms with Crippen molar-refractivity contribution in [2.75, 3.05) is 6.54 Å². The number of aromatic hydroxyl groups is 1. The van der Waals surface area contributed by atoms with Gasteiger partial charge in [-0.3, -0.25) is 4.98 Å². The maximum atomic E-state index is 8.91. The van der Waals surface area contributed by atoms with Crippen LogP contribution < -0.4 is 0 Å².